The maximum atomic E-state index is 4.67. The molecule has 2 rings (SSSR count). The van der Waals surface area contributed by atoms with E-state index < -0.39 is 0 Å². The molecule has 1 aromatic heterocycles. The zero-order chi connectivity index (χ0) is 14.2. The van der Waals surface area contributed by atoms with Crippen LogP contribution in [0.4, 0.5) is 0 Å². The number of aromatic nitrogens is 2. The standard InChI is InChI=1S/C15H27N5.HI/c1-3-16-15(19-14-7-5-4-6-8-14)17-10-9-13-11-18-20(2)12-13;/h11-12,14H,3-10H2,1-2H3,(H2,16,17,19);1H. The molecule has 1 aliphatic rings. The number of hydrogen-bond acceptors (Lipinski definition) is 2. The first-order valence-corrected chi connectivity index (χ1v) is 7.80. The highest BCUT2D eigenvalue weighted by Crippen LogP contribution is 2.17. The van der Waals surface area contributed by atoms with Gasteiger partial charge in [0, 0.05) is 32.4 Å². The minimum atomic E-state index is 0. The second-order valence-corrected chi connectivity index (χ2v) is 5.51. The molecule has 1 aliphatic carbocycles. The number of hydrogen-bond donors (Lipinski definition) is 2. The van der Waals surface area contributed by atoms with Gasteiger partial charge in [-0.15, -0.1) is 24.0 Å². The van der Waals surface area contributed by atoms with Crippen LogP contribution in [0, 0.1) is 0 Å². The van der Waals surface area contributed by atoms with Crippen LogP contribution >= 0.6 is 24.0 Å². The second-order valence-electron chi connectivity index (χ2n) is 5.51. The third-order valence-corrected chi connectivity index (χ3v) is 3.72. The third kappa shape index (κ3) is 6.67. The van der Waals surface area contributed by atoms with E-state index in [0.29, 0.717) is 6.04 Å². The largest absolute Gasteiger partial charge is 0.357 e. The summed E-state index contributed by atoms with van der Waals surface area (Å²) in [5.74, 6) is 0.961. The van der Waals surface area contributed by atoms with Crippen LogP contribution < -0.4 is 10.6 Å². The fourth-order valence-corrected chi connectivity index (χ4v) is 2.66. The van der Waals surface area contributed by atoms with Crippen LogP contribution in [0.1, 0.15) is 44.6 Å². The smallest absolute Gasteiger partial charge is 0.191 e. The first-order valence-electron chi connectivity index (χ1n) is 7.80. The van der Waals surface area contributed by atoms with E-state index in [1.807, 2.05) is 17.9 Å². The van der Waals surface area contributed by atoms with E-state index in [2.05, 4.69) is 33.8 Å². The van der Waals surface area contributed by atoms with Gasteiger partial charge in [0.2, 0.25) is 0 Å². The SMILES string of the molecule is CCNC(=NCCc1cnn(C)c1)NC1CCCCC1.I. The van der Waals surface area contributed by atoms with Crippen molar-refractivity contribution in [3.8, 4) is 0 Å². The lowest BCUT2D eigenvalue weighted by Crippen LogP contribution is -2.44. The van der Waals surface area contributed by atoms with E-state index in [1.54, 1.807) is 0 Å². The van der Waals surface area contributed by atoms with Crippen molar-refractivity contribution >= 4 is 29.9 Å². The molecule has 1 heterocycles. The predicted molar refractivity (Wildman–Crippen MR) is 98.3 cm³/mol. The average molecular weight is 405 g/mol. The van der Waals surface area contributed by atoms with Crippen LogP contribution in [0.25, 0.3) is 0 Å². The Morgan fingerprint density at radius 3 is 2.76 bits per heavy atom. The van der Waals surface area contributed by atoms with Gasteiger partial charge in [-0.25, -0.2) is 0 Å². The molecule has 0 saturated heterocycles. The van der Waals surface area contributed by atoms with Gasteiger partial charge in [0.1, 0.15) is 0 Å². The van der Waals surface area contributed by atoms with Crippen molar-refractivity contribution in [1.29, 1.82) is 0 Å². The van der Waals surface area contributed by atoms with E-state index in [9.17, 15) is 0 Å². The van der Waals surface area contributed by atoms with E-state index >= 15 is 0 Å². The normalized spacial score (nSPS) is 16.4. The lowest BCUT2D eigenvalue weighted by atomic mass is 9.96. The number of rotatable bonds is 5. The molecule has 0 radical (unpaired) electrons. The molecule has 6 heteroatoms. The quantitative estimate of drug-likeness (QED) is 0.450. The number of nitrogens with one attached hydrogen (secondary N) is 2. The highest BCUT2D eigenvalue weighted by atomic mass is 127. The van der Waals surface area contributed by atoms with Crippen molar-refractivity contribution in [2.45, 2.75) is 51.5 Å². The van der Waals surface area contributed by atoms with Crippen molar-refractivity contribution in [3.63, 3.8) is 0 Å². The van der Waals surface area contributed by atoms with Gasteiger partial charge in [0.05, 0.1) is 6.20 Å². The maximum absolute atomic E-state index is 4.67. The molecule has 21 heavy (non-hydrogen) atoms. The van der Waals surface area contributed by atoms with Crippen LogP contribution in [0.2, 0.25) is 0 Å². The topological polar surface area (TPSA) is 54.2 Å². The van der Waals surface area contributed by atoms with E-state index in [-0.39, 0.29) is 24.0 Å². The monoisotopic (exact) mass is 405 g/mol. The Morgan fingerprint density at radius 1 is 1.38 bits per heavy atom. The van der Waals surface area contributed by atoms with E-state index in [4.69, 9.17) is 0 Å². The van der Waals surface area contributed by atoms with Crippen LogP contribution in [0.5, 0.6) is 0 Å². The first kappa shape index (κ1) is 18.3. The Labute approximate surface area is 145 Å². The van der Waals surface area contributed by atoms with Crippen molar-refractivity contribution in [2.24, 2.45) is 12.0 Å². The molecule has 0 aromatic carbocycles. The summed E-state index contributed by atoms with van der Waals surface area (Å²) >= 11 is 0. The molecule has 0 unspecified atom stereocenters. The number of aryl methyl sites for hydroxylation is 1. The van der Waals surface area contributed by atoms with Gasteiger partial charge in [-0.3, -0.25) is 9.67 Å². The summed E-state index contributed by atoms with van der Waals surface area (Å²) in [6, 6.07) is 0.597. The van der Waals surface area contributed by atoms with Crippen molar-refractivity contribution in [3.05, 3.63) is 18.0 Å². The van der Waals surface area contributed by atoms with Gasteiger partial charge in [-0.2, -0.15) is 5.10 Å². The summed E-state index contributed by atoms with van der Waals surface area (Å²) in [6.45, 7) is 3.82. The summed E-state index contributed by atoms with van der Waals surface area (Å²) in [4.78, 5) is 4.67. The molecule has 5 nitrogen and oxygen atoms in total. The zero-order valence-corrected chi connectivity index (χ0v) is 15.5. The maximum Gasteiger partial charge on any atom is 0.191 e. The zero-order valence-electron chi connectivity index (χ0n) is 13.1. The van der Waals surface area contributed by atoms with Gasteiger partial charge in [-0.05, 0) is 31.7 Å². The Bertz CT molecular complexity index is 423. The molecule has 1 fully saturated rings. The van der Waals surface area contributed by atoms with E-state index in [0.717, 1.165) is 25.5 Å². The van der Waals surface area contributed by atoms with Crippen LogP contribution in [0.3, 0.4) is 0 Å². The summed E-state index contributed by atoms with van der Waals surface area (Å²) in [6.07, 6.45) is 11.5. The number of aliphatic imine (C=N–C) groups is 1. The molecule has 1 aromatic rings. The van der Waals surface area contributed by atoms with Gasteiger partial charge < -0.3 is 10.6 Å². The third-order valence-electron chi connectivity index (χ3n) is 3.72. The van der Waals surface area contributed by atoms with Crippen molar-refractivity contribution < 1.29 is 0 Å². The average Bonchev–Trinajstić information content (AvgIpc) is 2.86. The number of nitrogens with zero attached hydrogens (tertiary/aromatic N) is 3. The van der Waals surface area contributed by atoms with Gasteiger partial charge >= 0.3 is 0 Å². The molecule has 2 N–H and O–H groups in total. The molecule has 120 valence electrons. The van der Waals surface area contributed by atoms with Gasteiger partial charge in [0.15, 0.2) is 5.96 Å². The molecular weight excluding hydrogens is 377 g/mol. The van der Waals surface area contributed by atoms with Crippen LogP contribution in [0.15, 0.2) is 17.4 Å². The summed E-state index contributed by atoms with van der Waals surface area (Å²) in [7, 11) is 1.95. The van der Waals surface area contributed by atoms with Crippen LogP contribution in [-0.2, 0) is 13.5 Å². The summed E-state index contributed by atoms with van der Waals surface area (Å²) < 4.78 is 1.84. The fourth-order valence-electron chi connectivity index (χ4n) is 2.66. The molecule has 1 saturated carbocycles. The van der Waals surface area contributed by atoms with Crippen LogP contribution in [-0.4, -0.2) is 34.9 Å². The Morgan fingerprint density at radius 2 is 2.14 bits per heavy atom. The highest BCUT2D eigenvalue weighted by Gasteiger charge is 2.14. The molecule has 0 atom stereocenters. The molecule has 0 spiro atoms. The Kier molecular flexibility index (Phi) is 8.72. The fraction of sp³-hybridized carbons (Fsp3) is 0.733. The van der Waals surface area contributed by atoms with Crippen molar-refractivity contribution in [2.75, 3.05) is 13.1 Å². The number of guanidine groups is 1. The minimum absolute atomic E-state index is 0. The lowest BCUT2D eigenvalue weighted by molar-refractivity contribution is 0.410. The first-order chi connectivity index (χ1) is 9.78. The second kappa shape index (κ2) is 10.0. The number of halogens is 1. The van der Waals surface area contributed by atoms with Gasteiger partial charge in [-0.1, -0.05) is 19.3 Å². The van der Waals surface area contributed by atoms with Gasteiger partial charge in [0.25, 0.3) is 0 Å². The minimum Gasteiger partial charge on any atom is -0.357 e. The molecule has 0 aliphatic heterocycles. The molecular formula is C15H28IN5. The Balaban J connectivity index is 0.00000220. The Hall–Kier alpha value is -0.790. The molecule has 0 bridgehead atoms. The van der Waals surface area contributed by atoms with Crippen molar-refractivity contribution in [1.82, 2.24) is 20.4 Å². The summed E-state index contributed by atoms with van der Waals surface area (Å²) in [5.41, 5.74) is 1.24. The molecule has 0 amide bonds. The van der Waals surface area contributed by atoms with E-state index in [1.165, 1.54) is 37.7 Å². The highest BCUT2D eigenvalue weighted by molar-refractivity contribution is 14.0. The summed E-state index contributed by atoms with van der Waals surface area (Å²) in [5, 5.41) is 11.1. The predicted octanol–water partition coefficient (Wildman–Crippen LogP) is 2.47. The lowest BCUT2D eigenvalue weighted by Gasteiger charge is -2.24.